The Bertz CT molecular complexity index is 2820. The molecule has 0 saturated heterocycles. The van der Waals surface area contributed by atoms with Gasteiger partial charge in [-0.3, -0.25) is 13.7 Å². The van der Waals surface area contributed by atoms with E-state index in [1.807, 2.05) is 0 Å². The average molecular weight is 754 g/mol. The van der Waals surface area contributed by atoms with Gasteiger partial charge >= 0.3 is 23.8 Å². The number of carboxylic acid groups (broad SMARTS) is 1. The highest BCUT2D eigenvalue weighted by molar-refractivity contribution is 7.86. The summed E-state index contributed by atoms with van der Waals surface area (Å²) in [5, 5.41) is 20.2. The third kappa shape index (κ3) is 7.30. The number of nitrogens with one attached hydrogen (secondary N) is 1. The van der Waals surface area contributed by atoms with Gasteiger partial charge in [0.2, 0.25) is 0 Å². The Balaban J connectivity index is 1.48. The van der Waals surface area contributed by atoms with E-state index in [1.165, 1.54) is 53.4 Å². The molecular weight excluding hydrogens is 733 g/mol. The first-order valence-corrected chi connectivity index (χ1v) is 18.2. The summed E-state index contributed by atoms with van der Waals surface area (Å²) in [6.07, 6.45) is 2.74. The molecule has 0 radical (unpaired) electrons. The monoisotopic (exact) mass is 753 g/mol. The summed E-state index contributed by atoms with van der Waals surface area (Å²) in [4.78, 5) is 21.9. The van der Waals surface area contributed by atoms with Crippen molar-refractivity contribution in [3.05, 3.63) is 90.8 Å². The number of pyridine rings is 1. The van der Waals surface area contributed by atoms with E-state index in [-0.39, 0.29) is 62.0 Å². The molecule has 6 rings (SSSR count). The molecular formula is C29H21N8O11S3+. The van der Waals surface area contributed by atoms with Gasteiger partial charge in [-0.1, -0.05) is 18.2 Å². The fourth-order valence-electron chi connectivity index (χ4n) is 4.98. The molecule has 22 heteroatoms. The van der Waals surface area contributed by atoms with Crippen molar-refractivity contribution in [1.29, 1.82) is 0 Å². The molecule has 0 amide bonds. The lowest BCUT2D eigenvalue weighted by molar-refractivity contribution is -0.603. The van der Waals surface area contributed by atoms with Crippen LogP contribution in [-0.4, -0.2) is 64.9 Å². The molecule has 51 heavy (non-hydrogen) atoms. The van der Waals surface area contributed by atoms with Gasteiger partial charge in [-0.05, 0) is 64.6 Å². The molecule has 2 heterocycles. The van der Waals surface area contributed by atoms with Crippen LogP contribution in [0.15, 0.2) is 110 Å². The van der Waals surface area contributed by atoms with Crippen molar-refractivity contribution in [2.75, 3.05) is 11.1 Å². The first-order valence-electron chi connectivity index (χ1n) is 13.9. The van der Waals surface area contributed by atoms with Crippen LogP contribution in [0.3, 0.4) is 0 Å². The van der Waals surface area contributed by atoms with Gasteiger partial charge in [-0.15, -0.1) is 10.1 Å². The van der Waals surface area contributed by atoms with Gasteiger partial charge in [0.1, 0.15) is 9.79 Å². The molecule has 0 aliphatic rings. The SMILES string of the molecule is Nc1nc(Nc2ccc(N=Nc3cc(S(=O)(=O)O)c4cccc(S(=O)(=O)O)c4c3)c3cc(S(=O)(=O)O)ccc23)nc(-[n+]2cccc(C(=O)O)c2)n1. The Labute approximate surface area is 287 Å². The van der Waals surface area contributed by atoms with E-state index >= 15 is 0 Å². The molecule has 0 saturated carbocycles. The zero-order valence-electron chi connectivity index (χ0n) is 25.2. The minimum Gasteiger partial charge on any atom is -0.478 e. The highest BCUT2D eigenvalue weighted by Crippen LogP contribution is 2.37. The molecule has 0 spiro atoms. The predicted molar refractivity (Wildman–Crippen MR) is 178 cm³/mol. The quantitative estimate of drug-likeness (QED) is 0.0697. The fourth-order valence-corrected chi connectivity index (χ4v) is 6.91. The number of aromatic nitrogens is 4. The molecule has 0 atom stereocenters. The van der Waals surface area contributed by atoms with Crippen molar-refractivity contribution in [3.63, 3.8) is 0 Å². The summed E-state index contributed by atoms with van der Waals surface area (Å²) in [5.41, 5.74) is 5.77. The number of aromatic carboxylic acids is 1. The van der Waals surface area contributed by atoms with Gasteiger partial charge < -0.3 is 16.2 Å². The molecule has 0 aliphatic carbocycles. The third-order valence-electron chi connectivity index (χ3n) is 7.16. The molecule has 4 aromatic carbocycles. The summed E-state index contributed by atoms with van der Waals surface area (Å²) in [6, 6.07) is 14.5. The van der Waals surface area contributed by atoms with Crippen molar-refractivity contribution in [2.24, 2.45) is 10.2 Å². The maximum Gasteiger partial charge on any atom is 0.444 e. The van der Waals surface area contributed by atoms with E-state index in [0.717, 1.165) is 36.4 Å². The Hall–Kier alpha value is -6.04. The van der Waals surface area contributed by atoms with Gasteiger partial charge in [-0.2, -0.15) is 30.4 Å². The normalized spacial score (nSPS) is 12.5. The molecule has 2 aromatic heterocycles. The predicted octanol–water partition coefficient (Wildman–Crippen LogP) is 3.63. The molecule has 0 bridgehead atoms. The number of carboxylic acids is 1. The van der Waals surface area contributed by atoms with E-state index in [1.54, 1.807) is 0 Å². The Kier molecular flexibility index (Phi) is 8.66. The second-order valence-corrected chi connectivity index (χ2v) is 14.7. The highest BCUT2D eigenvalue weighted by Gasteiger charge is 2.22. The van der Waals surface area contributed by atoms with Gasteiger partial charge in [-0.25, -0.2) is 9.36 Å². The number of anilines is 3. The lowest BCUT2D eigenvalue weighted by atomic mass is 10.1. The number of nitrogens with zero attached hydrogens (tertiary/aromatic N) is 6. The maximum absolute atomic E-state index is 12.2. The first-order chi connectivity index (χ1) is 23.9. The molecule has 6 aromatic rings. The van der Waals surface area contributed by atoms with E-state index in [9.17, 15) is 48.8 Å². The van der Waals surface area contributed by atoms with Crippen LogP contribution >= 0.6 is 0 Å². The van der Waals surface area contributed by atoms with Crippen molar-refractivity contribution >= 4 is 86.8 Å². The zero-order valence-corrected chi connectivity index (χ0v) is 27.7. The molecule has 7 N–H and O–H groups in total. The fraction of sp³-hybridized carbons (Fsp3) is 0. The van der Waals surface area contributed by atoms with Crippen LogP contribution in [-0.2, 0) is 30.4 Å². The molecule has 0 fully saturated rings. The standard InChI is InChI=1S/C29H20N8O11S3/c30-27-32-28(34-29(33-27)37-10-2-3-15(14-37)26(38)39)31-22-8-9-23(20-13-17(49(40,41)42)6-7-18(20)22)36-35-16-11-21-19(25(12-16)51(46,47)48)4-1-5-24(21)50(43,44)45/h1-14H,(H6-,30,31,32,33,34,35,38,39,40,41,42,43,44,45,46,47,48)/p+1. The topological polar surface area (TPSA) is 306 Å². The molecule has 0 unspecified atom stereocenters. The van der Waals surface area contributed by atoms with E-state index in [4.69, 9.17) is 5.73 Å². The number of nitrogens with two attached hydrogens (primary N) is 1. The number of hydrogen-bond acceptors (Lipinski definition) is 14. The van der Waals surface area contributed by atoms with Crippen LogP contribution in [0.1, 0.15) is 10.4 Å². The van der Waals surface area contributed by atoms with Crippen LogP contribution in [0.4, 0.5) is 29.0 Å². The van der Waals surface area contributed by atoms with E-state index in [0.29, 0.717) is 0 Å². The van der Waals surface area contributed by atoms with Crippen molar-refractivity contribution in [3.8, 4) is 5.95 Å². The zero-order chi connectivity index (χ0) is 36.9. The second-order valence-electron chi connectivity index (χ2n) is 10.5. The largest absolute Gasteiger partial charge is 0.478 e. The smallest absolute Gasteiger partial charge is 0.444 e. The van der Waals surface area contributed by atoms with Gasteiger partial charge in [0.05, 0.1) is 39.9 Å². The maximum atomic E-state index is 12.2. The average Bonchev–Trinajstić information content (AvgIpc) is 3.05. The summed E-state index contributed by atoms with van der Waals surface area (Å²) in [6.45, 7) is 0. The number of carbonyl (C=O) groups is 1. The van der Waals surface area contributed by atoms with Crippen LogP contribution in [0.5, 0.6) is 0 Å². The minimum absolute atomic E-state index is 0.0329. The molecule has 19 nitrogen and oxygen atoms in total. The minimum atomic E-state index is -4.95. The number of benzene rings is 4. The summed E-state index contributed by atoms with van der Waals surface area (Å²) in [5.74, 6) is -1.59. The first kappa shape index (κ1) is 34.8. The number of rotatable bonds is 9. The summed E-state index contributed by atoms with van der Waals surface area (Å²) in [7, 11) is -14.5. The Morgan fingerprint density at radius 3 is 2.16 bits per heavy atom. The van der Waals surface area contributed by atoms with Crippen molar-refractivity contribution in [2.45, 2.75) is 14.7 Å². The molecule has 0 aliphatic heterocycles. The number of fused-ring (bicyclic) bond motifs is 2. The Morgan fingerprint density at radius 1 is 0.725 bits per heavy atom. The van der Waals surface area contributed by atoms with Crippen LogP contribution in [0, 0.1) is 0 Å². The third-order valence-corrected chi connectivity index (χ3v) is 9.82. The van der Waals surface area contributed by atoms with E-state index < -0.39 is 51.0 Å². The lowest BCUT2D eigenvalue weighted by Gasteiger charge is -2.11. The number of nitrogen functional groups attached to an aromatic ring is 1. The number of hydrogen-bond donors (Lipinski definition) is 6. The van der Waals surface area contributed by atoms with Crippen molar-refractivity contribution < 1.29 is 53.4 Å². The van der Waals surface area contributed by atoms with Crippen LogP contribution in [0.2, 0.25) is 0 Å². The van der Waals surface area contributed by atoms with Crippen molar-refractivity contribution in [1.82, 2.24) is 15.0 Å². The lowest BCUT2D eigenvalue weighted by Crippen LogP contribution is -2.34. The van der Waals surface area contributed by atoms with Gasteiger partial charge in [0.25, 0.3) is 30.4 Å². The second kappa shape index (κ2) is 12.7. The van der Waals surface area contributed by atoms with Crippen LogP contribution in [0.25, 0.3) is 27.5 Å². The summed E-state index contributed by atoms with van der Waals surface area (Å²) < 4.78 is 103. The highest BCUT2D eigenvalue weighted by atomic mass is 32.2. The van der Waals surface area contributed by atoms with E-state index in [2.05, 4.69) is 30.5 Å². The van der Waals surface area contributed by atoms with Gasteiger partial charge in [0.15, 0.2) is 0 Å². The van der Waals surface area contributed by atoms with Gasteiger partial charge in [0, 0.05) is 21.5 Å². The molecule has 260 valence electrons. The Morgan fingerprint density at radius 2 is 1.47 bits per heavy atom. The number of azo groups is 1. The summed E-state index contributed by atoms with van der Waals surface area (Å²) >= 11 is 0. The van der Waals surface area contributed by atoms with Crippen LogP contribution < -0.4 is 15.6 Å².